The first-order valence-electron chi connectivity index (χ1n) is 7.46. The van der Waals surface area contributed by atoms with Gasteiger partial charge in [-0.25, -0.2) is 0 Å². The molecular weight excluding hydrogens is 320 g/mol. The van der Waals surface area contributed by atoms with E-state index in [4.69, 9.17) is 0 Å². The molecule has 1 heteroatoms. The smallest absolute Gasteiger partial charge is 0.0656 e. The highest BCUT2D eigenvalue weighted by Crippen LogP contribution is 2.49. The van der Waals surface area contributed by atoms with E-state index in [2.05, 4.69) is 83.6 Å². The maximum atomic E-state index is 3.90. The summed E-state index contributed by atoms with van der Waals surface area (Å²) in [7, 11) is 0. The van der Waals surface area contributed by atoms with Crippen molar-refractivity contribution in [3.8, 4) is 0 Å². The number of benzene rings is 1. The van der Waals surface area contributed by atoms with Gasteiger partial charge in [-0.05, 0) is 58.8 Å². The Balaban J connectivity index is 1.76. The van der Waals surface area contributed by atoms with Gasteiger partial charge >= 0.3 is 0 Å². The number of allylic oxidation sites excluding steroid dienone is 9. The van der Waals surface area contributed by atoms with Gasteiger partial charge in [-0.1, -0.05) is 70.6 Å². The van der Waals surface area contributed by atoms with Crippen molar-refractivity contribution in [2.45, 2.75) is 18.2 Å². The topological polar surface area (TPSA) is 0 Å². The molecule has 0 radical (unpaired) electrons. The molecule has 0 nitrogen and oxygen atoms in total. The summed E-state index contributed by atoms with van der Waals surface area (Å²) in [5.74, 6) is 0.551. The van der Waals surface area contributed by atoms with E-state index in [0.717, 1.165) is 6.42 Å². The van der Waals surface area contributed by atoms with E-state index in [1.807, 2.05) is 0 Å². The molecule has 0 amide bonds. The number of hydrogen-bond donors (Lipinski definition) is 0. The van der Waals surface area contributed by atoms with Gasteiger partial charge in [-0.2, -0.15) is 0 Å². The van der Waals surface area contributed by atoms with Gasteiger partial charge < -0.3 is 0 Å². The van der Waals surface area contributed by atoms with Crippen LogP contribution in [0.3, 0.4) is 0 Å². The van der Waals surface area contributed by atoms with Crippen LogP contribution in [0, 0.1) is 5.92 Å². The van der Waals surface area contributed by atoms with E-state index >= 15 is 0 Å². The number of hydrogen-bond acceptors (Lipinski definition) is 0. The summed E-state index contributed by atoms with van der Waals surface area (Å²) in [6, 6.07) is 8.68. The Kier molecular flexibility index (Phi) is 3.11. The molecule has 1 atom stereocenters. The van der Waals surface area contributed by atoms with Crippen molar-refractivity contribution in [3.63, 3.8) is 0 Å². The van der Waals surface area contributed by atoms with Crippen LogP contribution in [0.5, 0.6) is 0 Å². The lowest BCUT2D eigenvalue weighted by Gasteiger charge is -2.24. The molecule has 4 rings (SSSR count). The van der Waals surface area contributed by atoms with Gasteiger partial charge in [-0.3, -0.25) is 0 Å². The molecule has 21 heavy (non-hydrogen) atoms. The SMILES string of the molecule is CC1=C(CC2C=CC=C2)C2=Cc3ccccc3C(Br)C2=C1. The molecule has 0 fully saturated rings. The third-order valence-corrected chi connectivity index (χ3v) is 5.58. The quantitative estimate of drug-likeness (QED) is 0.589. The zero-order valence-corrected chi connectivity index (χ0v) is 13.6. The molecule has 0 aromatic heterocycles. The van der Waals surface area contributed by atoms with E-state index in [0.29, 0.717) is 10.7 Å². The summed E-state index contributed by atoms with van der Waals surface area (Å²) in [5.41, 5.74) is 8.50. The minimum atomic E-state index is 0.316. The Hall–Kier alpha value is -1.60. The summed E-state index contributed by atoms with van der Waals surface area (Å²) in [5, 5.41) is 0. The lowest BCUT2D eigenvalue weighted by molar-refractivity contribution is 0.809. The summed E-state index contributed by atoms with van der Waals surface area (Å²) in [6.07, 6.45) is 14.7. The minimum Gasteiger partial charge on any atom is -0.0786 e. The van der Waals surface area contributed by atoms with Crippen LogP contribution in [0.1, 0.15) is 29.3 Å². The molecule has 1 unspecified atom stereocenters. The van der Waals surface area contributed by atoms with Crippen molar-refractivity contribution < 1.29 is 0 Å². The summed E-state index contributed by atoms with van der Waals surface area (Å²) in [6.45, 7) is 2.24. The zero-order valence-electron chi connectivity index (χ0n) is 12.0. The molecule has 3 aliphatic rings. The molecule has 0 spiro atoms. The molecule has 0 saturated heterocycles. The van der Waals surface area contributed by atoms with Gasteiger partial charge in [0.2, 0.25) is 0 Å². The number of rotatable bonds is 2. The summed E-state index contributed by atoms with van der Waals surface area (Å²) in [4.78, 5) is 0.316. The number of alkyl halides is 1. The van der Waals surface area contributed by atoms with Crippen molar-refractivity contribution in [2.24, 2.45) is 5.92 Å². The maximum absolute atomic E-state index is 3.90. The molecule has 1 aromatic rings. The van der Waals surface area contributed by atoms with Gasteiger partial charge in [0.15, 0.2) is 0 Å². The second kappa shape index (κ2) is 4.99. The molecule has 1 aromatic carbocycles. The van der Waals surface area contributed by atoms with Crippen LogP contribution < -0.4 is 0 Å². The first-order valence-corrected chi connectivity index (χ1v) is 8.37. The Labute approximate surface area is 134 Å². The maximum Gasteiger partial charge on any atom is 0.0656 e. The van der Waals surface area contributed by atoms with Gasteiger partial charge in [-0.15, -0.1) is 0 Å². The standard InChI is InChI=1S/C20H17Br/c1-13-10-19-18(17(13)11-14-6-2-3-7-14)12-15-8-4-5-9-16(15)20(19)21/h2-10,12,14,20H,11H2,1H3. The minimum absolute atomic E-state index is 0.316. The molecule has 0 aliphatic heterocycles. The van der Waals surface area contributed by atoms with E-state index in [1.54, 1.807) is 0 Å². The van der Waals surface area contributed by atoms with Crippen molar-refractivity contribution in [3.05, 3.63) is 88.1 Å². The lowest BCUT2D eigenvalue weighted by Crippen LogP contribution is -2.06. The Morgan fingerprint density at radius 3 is 2.62 bits per heavy atom. The third-order valence-electron chi connectivity index (χ3n) is 4.59. The van der Waals surface area contributed by atoms with Crippen LogP contribution in [0.25, 0.3) is 6.08 Å². The van der Waals surface area contributed by atoms with Crippen LogP contribution in [0.4, 0.5) is 0 Å². The molecule has 0 N–H and O–H groups in total. The third kappa shape index (κ3) is 2.11. The fourth-order valence-electron chi connectivity index (χ4n) is 3.48. The summed E-state index contributed by atoms with van der Waals surface area (Å²) >= 11 is 3.90. The summed E-state index contributed by atoms with van der Waals surface area (Å²) < 4.78 is 0. The monoisotopic (exact) mass is 336 g/mol. The normalized spacial score (nSPS) is 23.2. The predicted molar refractivity (Wildman–Crippen MR) is 93.3 cm³/mol. The molecular formula is C20H17Br. The second-order valence-corrected chi connectivity index (χ2v) is 6.86. The number of halogens is 1. The van der Waals surface area contributed by atoms with Crippen molar-refractivity contribution in [2.75, 3.05) is 0 Å². The van der Waals surface area contributed by atoms with Gasteiger partial charge in [0.25, 0.3) is 0 Å². The van der Waals surface area contributed by atoms with Crippen molar-refractivity contribution >= 4 is 22.0 Å². The predicted octanol–water partition coefficient (Wildman–Crippen LogP) is 5.91. The highest BCUT2D eigenvalue weighted by atomic mass is 79.9. The van der Waals surface area contributed by atoms with Crippen LogP contribution in [0.15, 0.2) is 76.9 Å². The van der Waals surface area contributed by atoms with Crippen LogP contribution in [-0.4, -0.2) is 0 Å². The van der Waals surface area contributed by atoms with Crippen molar-refractivity contribution in [1.82, 2.24) is 0 Å². The number of fused-ring (bicyclic) bond motifs is 2. The van der Waals surface area contributed by atoms with E-state index in [9.17, 15) is 0 Å². The highest BCUT2D eigenvalue weighted by molar-refractivity contribution is 9.09. The Morgan fingerprint density at radius 2 is 1.81 bits per heavy atom. The average Bonchev–Trinajstić information content (AvgIpc) is 3.10. The van der Waals surface area contributed by atoms with Crippen molar-refractivity contribution in [1.29, 1.82) is 0 Å². The molecule has 0 heterocycles. The van der Waals surface area contributed by atoms with Gasteiger partial charge in [0.1, 0.15) is 0 Å². The van der Waals surface area contributed by atoms with E-state index < -0.39 is 0 Å². The first kappa shape index (κ1) is 13.1. The van der Waals surface area contributed by atoms with Crippen LogP contribution in [0.2, 0.25) is 0 Å². The second-order valence-electron chi connectivity index (χ2n) is 5.95. The molecule has 0 saturated carbocycles. The molecule has 104 valence electrons. The fourth-order valence-corrected chi connectivity index (χ4v) is 4.28. The van der Waals surface area contributed by atoms with E-state index in [1.165, 1.54) is 33.4 Å². The van der Waals surface area contributed by atoms with Gasteiger partial charge in [0, 0.05) is 0 Å². The lowest BCUT2D eigenvalue weighted by atomic mass is 9.84. The fraction of sp³-hybridized carbons (Fsp3) is 0.200. The largest absolute Gasteiger partial charge is 0.0786 e. The first-order chi connectivity index (χ1) is 10.2. The highest BCUT2D eigenvalue weighted by Gasteiger charge is 2.30. The van der Waals surface area contributed by atoms with Crippen LogP contribution >= 0.6 is 15.9 Å². The van der Waals surface area contributed by atoms with Crippen LogP contribution in [-0.2, 0) is 0 Å². The average molecular weight is 337 g/mol. The van der Waals surface area contributed by atoms with Gasteiger partial charge in [0.05, 0.1) is 4.83 Å². The zero-order chi connectivity index (χ0) is 14.4. The molecule has 3 aliphatic carbocycles. The Bertz CT molecular complexity index is 744. The Morgan fingerprint density at radius 1 is 1.05 bits per heavy atom. The molecule has 0 bridgehead atoms. The van der Waals surface area contributed by atoms with E-state index in [-0.39, 0.29) is 0 Å².